The summed E-state index contributed by atoms with van der Waals surface area (Å²) in [4.78, 5) is 0. The van der Waals surface area contributed by atoms with Crippen LogP contribution in [0.15, 0.2) is 23.3 Å². The van der Waals surface area contributed by atoms with Crippen molar-refractivity contribution in [3.8, 4) is 0 Å². The molecule has 0 heterocycles. The smallest absolute Gasteiger partial charge is 0.0289 e. The van der Waals surface area contributed by atoms with E-state index >= 15 is 0 Å². The summed E-state index contributed by atoms with van der Waals surface area (Å²) >= 11 is 0. The Hall–Kier alpha value is -0.520. The number of allylic oxidation sites excluding steroid dienone is 4. The SMILES string of the molecule is C/C=C(C)/C=C(/CC(C)C)CC(C)C(C)C. The van der Waals surface area contributed by atoms with Gasteiger partial charge >= 0.3 is 0 Å². The summed E-state index contributed by atoms with van der Waals surface area (Å²) in [6.07, 6.45) is 7.07. The fourth-order valence-corrected chi connectivity index (χ4v) is 1.78. The molecule has 0 saturated heterocycles. The number of rotatable bonds is 6. The standard InChI is InChI=1S/C16H30/c1-8-14(6)10-16(9-12(2)3)11-15(7)13(4)5/h8,10,12-13,15H,9,11H2,1-7H3/b14-8+,16-10-. The van der Waals surface area contributed by atoms with Crippen molar-refractivity contribution in [1.82, 2.24) is 0 Å². The number of hydrogen-bond donors (Lipinski definition) is 0. The molecule has 0 aromatic carbocycles. The first-order chi connectivity index (χ1) is 7.36. The first kappa shape index (κ1) is 15.5. The van der Waals surface area contributed by atoms with Gasteiger partial charge in [-0.3, -0.25) is 0 Å². The highest BCUT2D eigenvalue weighted by Gasteiger charge is 2.11. The van der Waals surface area contributed by atoms with Gasteiger partial charge in [0.25, 0.3) is 0 Å². The first-order valence-corrected chi connectivity index (χ1v) is 6.69. The van der Waals surface area contributed by atoms with Crippen LogP contribution < -0.4 is 0 Å². The molecule has 0 fully saturated rings. The quantitative estimate of drug-likeness (QED) is 0.513. The summed E-state index contributed by atoms with van der Waals surface area (Å²) < 4.78 is 0. The minimum atomic E-state index is 0.760. The minimum absolute atomic E-state index is 0.760. The molecule has 0 aromatic rings. The predicted molar refractivity (Wildman–Crippen MR) is 75.6 cm³/mol. The van der Waals surface area contributed by atoms with Gasteiger partial charge in [-0.2, -0.15) is 0 Å². The van der Waals surface area contributed by atoms with Crippen molar-refractivity contribution >= 4 is 0 Å². The first-order valence-electron chi connectivity index (χ1n) is 6.69. The molecule has 1 unspecified atom stereocenters. The highest BCUT2D eigenvalue weighted by Crippen LogP contribution is 2.25. The molecular formula is C16H30. The Morgan fingerprint density at radius 3 is 1.94 bits per heavy atom. The van der Waals surface area contributed by atoms with Gasteiger partial charge in [0.1, 0.15) is 0 Å². The molecule has 16 heavy (non-hydrogen) atoms. The zero-order valence-electron chi connectivity index (χ0n) is 12.3. The summed E-state index contributed by atoms with van der Waals surface area (Å²) in [5, 5.41) is 0. The highest BCUT2D eigenvalue weighted by molar-refractivity contribution is 5.21. The summed E-state index contributed by atoms with van der Waals surface area (Å²) in [5.74, 6) is 2.33. The van der Waals surface area contributed by atoms with E-state index in [1.807, 2.05) is 0 Å². The molecule has 0 aliphatic carbocycles. The second-order valence-corrected chi connectivity index (χ2v) is 5.86. The van der Waals surface area contributed by atoms with Crippen molar-refractivity contribution in [2.24, 2.45) is 17.8 Å². The lowest BCUT2D eigenvalue weighted by Gasteiger charge is -2.19. The zero-order valence-corrected chi connectivity index (χ0v) is 12.3. The Morgan fingerprint density at radius 1 is 1.00 bits per heavy atom. The van der Waals surface area contributed by atoms with Crippen LogP contribution in [0.5, 0.6) is 0 Å². The van der Waals surface area contributed by atoms with Crippen molar-refractivity contribution in [3.05, 3.63) is 23.3 Å². The van der Waals surface area contributed by atoms with Gasteiger partial charge in [-0.05, 0) is 44.4 Å². The Kier molecular flexibility index (Phi) is 7.45. The molecule has 0 aliphatic rings. The molecule has 1 atom stereocenters. The van der Waals surface area contributed by atoms with Gasteiger partial charge in [0.05, 0.1) is 0 Å². The zero-order chi connectivity index (χ0) is 12.7. The minimum Gasteiger partial charge on any atom is -0.0847 e. The van der Waals surface area contributed by atoms with Crippen LogP contribution in [0.4, 0.5) is 0 Å². The normalized spacial score (nSPS) is 16.1. The lowest BCUT2D eigenvalue weighted by Crippen LogP contribution is -2.06. The third-order valence-corrected chi connectivity index (χ3v) is 3.28. The van der Waals surface area contributed by atoms with Crippen LogP contribution in [0, 0.1) is 17.8 Å². The van der Waals surface area contributed by atoms with Gasteiger partial charge in [-0.1, -0.05) is 57.9 Å². The highest BCUT2D eigenvalue weighted by atomic mass is 14.2. The van der Waals surface area contributed by atoms with Gasteiger partial charge < -0.3 is 0 Å². The largest absolute Gasteiger partial charge is 0.0847 e. The molecule has 0 rings (SSSR count). The molecular weight excluding hydrogens is 192 g/mol. The van der Waals surface area contributed by atoms with E-state index in [2.05, 4.69) is 60.6 Å². The average molecular weight is 222 g/mol. The molecule has 0 radical (unpaired) electrons. The van der Waals surface area contributed by atoms with Crippen LogP contribution in [0.3, 0.4) is 0 Å². The molecule has 0 nitrogen and oxygen atoms in total. The van der Waals surface area contributed by atoms with E-state index in [0.717, 1.165) is 17.8 Å². The van der Waals surface area contributed by atoms with E-state index < -0.39 is 0 Å². The second kappa shape index (κ2) is 7.70. The van der Waals surface area contributed by atoms with E-state index in [1.165, 1.54) is 18.4 Å². The molecule has 0 heteroatoms. The van der Waals surface area contributed by atoms with E-state index in [4.69, 9.17) is 0 Å². The second-order valence-electron chi connectivity index (χ2n) is 5.86. The Labute approximate surface area is 103 Å². The maximum Gasteiger partial charge on any atom is -0.0289 e. The monoisotopic (exact) mass is 222 g/mol. The van der Waals surface area contributed by atoms with Gasteiger partial charge in [0, 0.05) is 0 Å². The third kappa shape index (κ3) is 6.87. The molecule has 0 spiro atoms. The lowest BCUT2D eigenvalue weighted by molar-refractivity contribution is 0.407. The van der Waals surface area contributed by atoms with Crippen LogP contribution >= 0.6 is 0 Å². The van der Waals surface area contributed by atoms with Crippen molar-refractivity contribution < 1.29 is 0 Å². The lowest BCUT2D eigenvalue weighted by atomic mass is 9.87. The summed E-state index contributed by atoms with van der Waals surface area (Å²) in [7, 11) is 0. The van der Waals surface area contributed by atoms with Gasteiger partial charge in [0.15, 0.2) is 0 Å². The van der Waals surface area contributed by atoms with Crippen LogP contribution in [-0.2, 0) is 0 Å². The fraction of sp³-hybridized carbons (Fsp3) is 0.750. The predicted octanol–water partition coefficient (Wildman–Crippen LogP) is 5.61. The number of hydrogen-bond acceptors (Lipinski definition) is 0. The Morgan fingerprint density at radius 2 is 1.56 bits per heavy atom. The maximum absolute atomic E-state index is 2.39. The van der Waals surface area contributed by atoms with E-state index in [1.54, 1.807) is 5.57 Å². The average Bonchev–Trinajstić information content (AvgIpc) is 2.16. The van der Waals surface area contributed by atoms with Crippen LogP contribution in [0.2, 0.25) is 0 Å². The van der Waals surface area contributed by atoms with Crippen LogP contribution in [0.25, 0.3) is 0 Å². The Balaban J connectivity index is 4.62. The molecule has 0 bridgehead atoms. The molecule has 94 valence electrons. The molecule has 0 N–H and O–H groups in total. The van der Waals surface area contributed by atoms with Crippen LogP contribution in [0.1, 0.15) is 61.3 Å². The van der Waals surface area contributed by atoms with E-state index in [0.29, 0.717) is 0 Å². The van der Waals surface area contributed by atoms with Crippen molar-refractivity contribution in [2.75, 3.05) is 0 Å². The maximum atomic E-state index is 2.39. The van der Waals surface area contributed by atoms with Crippen LogP contribution in [-0.4, -0.2) is 0 Å². The molecule has 0 saturated carbocycles. The fourth-order valence-electron chi connectivity index (χ4n) is 1.78. The molecule has 0 aliphatic heterocycles. The summed E-state index contributed by atoms with van der Waals surface area (Å²) in [6.45, 7) is 15.9. The Bertz CT molecular complexity index is 241. The topological polar surface area (TPSA) is 0 Å². The van der Waals surface area contributed by atoms with Gasteiger partial charge in [-0.25, -0.2) is 0 Å². The van der Waals surface area contributed by atoms with Crippen molar-refractivity contribution in [1.29, 1.82) is 0 Å². The van der Waals surface area contributed by atoms with Gasteiger partial charge in [0.2, 0.25) is 0 Å². The molecule has 0 aromatic heterocycles. The van der Waals surface area contributed by atoms with Crippen molar-refractivity contribution in [2.45, 2.75) is 61.3 Å². The summed E-state index contributed by atoms with van der Waals surface area (Å²) in [6, 6.07) is 0. The summed E-state index contributed by atoms with van der Waals surface area (Å²) in [5.41, 5.74) is 3.01. The van der Waals surface area contributed by atoms with Gasteiger partial charge in [-0.15, -0.1) is 0 Å². The third-order valence-electron chi connectivity index (χ3n) is 3.28. The van der Waals surface area contributed by atoms with E-state index in [-0.39, 0.29) is 0 Å². The van der Waals surface area contributed by atoms with E-state index in [9.17, 15) is 0 Å². The van der Waals surface area contributed by atoms with Crippen molar-refractivity contribution in [3.63, 3.8) is 0 Å². The molecule has 0 amide bonds.